The maximum absolute atomic E-state index is 4.70. The number of hydrogen-bond acceptors (Lipinski definition) is 4. The molecule has 0 saturated heterocycles. The SMILES string of the molecule is CNc1nc(-c2cnccc2C)nc2c1CCC2. The summed E-state index contributed by atoms with van der Waals surface area (Å²) in [6.45, 7) is 2.06. The Hall–Kier alpha value is -1.97. The smallest absolute Gasteiger partial charge is 0.163 e. The Morgan fingerprint density at radius 3 is 2.89 bits per heavy atom. The predicted molar refractivity (Wildman–Crippen MR) is 71.6 cm³/mol. The second kappa shape index (κ2) is 4.37. The highest BCUT2D eigenvalue weighted by atomic mass is 15.0. The Morgan fingerprint density at radius 2 is 2.11 bits per heavy atom. The molecule has 2 aromatic rings. The number of aryl methyl sites for hydroxylation is 2. The Morgan fingerprint density at radius 1 is 1.22 bits per heavy atom. The maximum atomic E-state index is 4.70. The Balaban J connectivity index is 2.17. The third-order valence-corrected chi connectivity index (χ3v) is 3.45. The number of anilines is 1. The number of rotatable bonds is 2. The molecule has 0 aromatic carbocycles. The molecule has 0 aliphatic heterocycles. The standard InChI is InChI=1S/C14H16N4/c1-9-6-7-16-8-11(9)14-17-12-5-3-4-10(12)13(15-2)18-14/h6-8H,3-5H2,1-2H3,(H,15,17,18). The molecule has 3 rings (SSSR count). The van der Waals surface area contributed by atoms with E-state index >= 15 is 0 Å². The van der Waals surface area contributed by atoms with Gasteiger partial charge in [-0.05, 0) is 37.8 Å². The van der Waals surface area contributed by atoms with Crippen molar-refractivity contribution >= 4 is 5.82 Å². The number of hydrogen-bond donors (Lipinski definition) is 1. The molecular formula is C14H16N4. The Bertz CT molecular complexity index is 592. The molecule has 18 heavy (non-hydrogen) atoms. The molecule has 0 atom stereocenters. The van der Waals surface area contributed by atoms with Gasteiger partial charge in [0.1, 0.15) is 5.82 Å². The summed E-state index contributed by atoms with van der Waals surface area (Å²) in [4.78, 5) is 13.5. The molecule has 0 bridgehead atoms. The van der Waals surface area contributed by atoms with Crippen LogP contribution in [-0.4, -0.2) is 22.0 Å². The molecule has 1 N–H and O–H groups in total. The van der Waals surface area contributed by atoms with Crippen LogP contribution in [0.4, 0.5) is 5.82 Å². The summed E-state index contributed by atoms with van der Waals surface area (Å²) in [5.41, 5.74) is 4.64. The molecule has 0 fully saturated rings. The van der Waals surface area contributed by atoms with Gasteiger partial charge in [-0.3, -0.25) is 4.98 Å². The van der Waals surface area contributed by atoms with E-state index in [9.17, 15) is 0 Å². The predicted octanol–water partition coefficient (Wildman–Crippen LogP) is 2.38. The lowest BCUT2D eigenvalue weighted by molar-refractivity contribution is 0.900. The van der Waals surface area contributed by atoms with Gasteiger partial charge < -0.3 is 5.32 Å². The van der Waals surface area contributed by atoms with Crippen LogP contribution in [0.1, 0.15) is 23.2 Å². The molecule has 0 radical (unpaired) electrons. The lowest BCUT2D eigenvalue weighted by Gasteiger charge is -2.10. The zero-order chi connectivity index (χ0) is 12.5. The van der Waals surface area contributed by atoms with Crippen molar-refractivity contribution in [3.8, 4) is 11.4 Å². The number of fused-ring (bicyclic) bond motifs is 1. The molecule has 4 heteroatoms. The van der Waals surface area contributed by atoms with E-state index in [0.717, 1.165) is 35.6 Å². The highest BCUT2D eigenvalue weighted by Crippen LogP contribution is 2.29. The molecule has 1 aliphatic carbocycles. The van der Waals surface area contributed by atoms with Crippen molar-refractivity contribution in [3.63, 3.8) is 0 Å². The summed E-state index contributed by atoms with van der Waals surface area (Å²) in [5.74, 6) is 1.75. The Labute approximate surface area is 107 Å². The van der Waals surface area contributed by atoms with Crippen molar-refractivity contribution in [2.75, 3.05) is 12.4 Å². The fourth-order valence-electron chi connectivity index (χ4n) is 2.46. The molecule has 1 aliphatic rings. The van der Waals surface area contributed by atoms with E-state index in [1.807, 2.05) is 19.3 Å². The van der Waals surface area contributed by atoms with Crippen LogP contribution < -0.4 is 5.32 Å². The topological polar surface area (TPSA) is 50.7 Å². The summed E-state index contributed by atoms with van der Waals surface area (Å²) < 4.78 is 0. The Kier molecular flexibility index (Phi) is 2.70. The van der Waals surface area contributed by atoms with Gasteiger partial charge in [0.2, 0.25) is 0 Å². The van der Waals surface area contributed by atoms with Crippen molar-refractivity contribution in [1.29, 1.82) is 0 Å². The van der Waals surface area contributed by atoms with E-state index in [1.165, 1.54) is 17.7 Å². The normalized spacial score (nSPS) is 13.4. The van der Waals surface area contributed by atoms with Gasteiger partial charge in [-0.15, -0.1) is 0 Å². The van der Waals surface area contributed by atoms with Gasteiger partial charge in [-0.2, -0.15) is 0 Å². The lowest BCUT2D eigenvalue weighted by atomic mass is 10.1. The molecule has 92 valence electrons. The molecule has 2 aromatic heterocycles. The first-order valence-electron chi connectivity index (χ1n) is 6.28. The fourth-order valence-corrected chi connectivity index (χ4v) is 2.46. The average molecular weight is 240 g/mol. The number of aromatic nitrogens is 3. The zero-order valence-corrected chi connectivity index (χ0v) is 10.7. The molecule has 0 saturated carbocycles. The monoisotopic (exact) mass is 240 g/mol. The number of nitrogens with one attached hydrogen (secondary N) is 1. The van der Waals surface area contributed by atoms with Crippen LogP contribution in [0.2, 0.25) is 0 Å². The van der Waals surface area contributed by atoms with Crippen LogP contribution in [0, 0.1) is 6.92 Å². The van der Waals surface area contributed by atoms with Crippen molar-refractivity contribution in [3.05, 3.63) is 35.3 Å². The number of pyridine rings is 1. The van der Waals surface area contributed by atoms with Crippen molar-refractivity contribution in [2.45, 2.75) is 26.2 Å². The van der Waals surface area contributed by atoms with Gasteiger partial charge in [0.15, 0.2) is 5.82 Å². The van der Waals surface area contributed by atoms with E-state index in [2.05, 4.69) is 22.2 Å². The van der Waals surface area contributed by atoms with Gasteiger partial charge in [0.05, 0.1) is 0 Å². The van der Waals surface area contributed by atoms with Crippen LogP contribution in [0.3, 0.4) is 0 Å². The van der Waals surface area contributed by atoms with E-state index in [-0.39, 0.29) is 0 Å². The summed E-state index contributed by atoms with van der Waals surface area (Å²) in [7, 11) is 1.92. The van der Waals surface area contributed by atoms with Crippen LogP contribution in [0.5, 0.6) is 0 Å². The molecule has 4 nitrogen and oxygen atoms in total. The average Bonchev–Trinajstić information content (AvgIpc) is 2.86. The quantitative estimate of drug-likeness (QED) is 0.875. The van der Waals surface area contributed by atoms with Crippen molar-refractivity contribution < 1.29 is 0 Å². The summed E-state index contributed by atoms with van der Waals surface area (Å²) >= 11 is 0. The van der Waals surface area contributed by atoms with Crippen LogP contribution in [0.15, 0.2) is 18.5 Å². The summed E-state index contributed by atoms with van der Waals surface area (Å²) in [6, 6.07) is 1.99. The molecule has 0 unspecified atom stereocenters. The molecule has 2 heterocycles. The van der Waals surface area contributed by atoms with E-state index in [1.54, 1.807) is 6.20 Å². The first-order valence-corrected chi connectivity index (χ1v) is 6.28. The summed E-state index contributed by atoms with van der Waals surface area (Å²) in [6.07, 6.45) is 6.95. The number of nitrogens with zero attached hydrogens (tertiary/aromatic N) is 3. The van der Waals surface area contributed by atoms with E-state index in [0.29, 0.717) is 0 Å². The van der Waals surface area contributed by atoms with Gasteiger partial charge in [0, 0.05) is 36.3 Å². The lowest BCUT2D eigenvalue weighted by Crippen LogP contribution is -2.04. The first kappa shape index (κ1) is 11.1. The van der Waals surface area contributed by atoms with Crippen molar-refractivity contribution in [1.82, 2.24) is 15.0 Å². The van der Waals surface area contributed by atoms with E-state index < -0.39 is 0 Å². The van der Waals surface area contributed by atoms with Crippen LogP contribution in [-0.2, 0) is 12.8 Å². The second-order valence-electron chi connectivity index (χ2n) is 4.62. The van der Waals surface area contributed by atoms with Crippen molar-refractivity contribution in [2.24, 2.45) is 0 Å². The molecule has 0 spiro atoms. The van der Waals surface area contributed by atoms with Gasteiger partial charge in [-0.1, -0.05) is 0 Å². The summed E-state index contributed by atoms with van der Waals surface area (Å²) in [5, 5.41) is 3.19. The minimum atomic E-state index is 0.783. The van der Waals surface area contributed by atoms with E-state index in [4.69, 9.17) is 4.98 Å². The highest BCUT2D eigenvalue weighted by Gasteiger charge is 2.19. The first-order chi connectivity index (χ1) is 8.79. The van der Waals surface area contributed by atoms with Gasteiger partial charge >= 0.3 is 0 Å². The third-order valence-electron chi connectivity index (χ3n) is 3.45. The maximum Gasteiger partial charge on any atom is 0.163 e. The minimum absolute atomic E-state index is 0.783. The van der Waals surface area contributed by atoms with Gasteiger partial charge in [0.25, 0.3) is 0 Å². The third kappa shape index (κ3) is 1.74. The van der Waals surface area contributed by atoms with Crippen LogP contribution >= 0.6 is 0 Å². The molecular weight excluding hydrogens is 224 g/mol. The molecule has 0 amide bonds. The highest BCUT2D eigenvalue weighted by molar-refractivity contribution is 5.62. The minimum Gasteiger partial charge on any atom is -0.373 e. The zero-order valence-electron chi connectivity index (χ0n) is 10.7. The van der Waals surface area contributed by atoms with Gasteiger partial charge in [-0.25, -0.2) is 9.97 Å². The largest absolute Gasteiger partial charge is 0.373 e. The van der Waals surface area contributed by atoms with Crippen LogP contribution in [0.25, 0.3) is 11.4 Å². The fraction of sp³-hybridized carbons (Fsp3) is 0.357. The second-order valence-corrected chi connectivity index (χ2v) is 4.62.